The van der Waals surface area contributed by atoms with Gasteiger partial charge < -0.3 is 24.3 Å². The molecule has 0 radical (unpaired) electrons. The van der Waals surface area contributed by atoms with Gasteiger partial charge in [0.05, 0.1) is 44.1 Å². The lowest BCUT2D eigenvalue weighted by molar-refractivity contribution is -0.120. The van der Waals surface area contributed by atoms with Gasteiger partial charge in [-0.1, -0.05) is 28.1 Å². The number of carbonyl (C=O) groups excluding carboxylic acids is 3. The van der Waals surface area contributed by atoms with Crippen LogP contribution in [0.3, 0.4) is 0 Å². The molecule has 0 saturated carbocycles. The molecular weight excluding hydrogens is 706 g/mol. The molecule has 0 bridgehead atoms. The van der Waals surface area contributed by atoms with Gasteiger partial charge in [-0.3, -0.25) is 9.59 Å². The van der Waals surface area contributed by atoms with Crippen molar-refractivity contribution < 1.29 is 33.3 Å². The van der Waals surface area contributed by atoms with Crippen LogP contribution in [-0.4, -0.2) is 51.9 Å². The van der Waals surface area contributed by atoms with Gasteiger partial charge in [-0.15, -0.1) is 0 Å². The number of amides is 2. The van der Waals surface area contributed by atoms with Crippen molar-refractivity contribution in [3.8, 4) is 23.0 Å². The van der Waals surface area contributed by atoms with Gasteiger partial charge in [0.15, 0.2) is 17.2 Å². The fraction of sp³-hybridized carbons (Fsp3) is 0.154. The molecule has 0 heterocycles. The first kappa shape index (κ1) is 30.1. The Morgan fingerprint density at radius 1 is 0.872 bits per heavy atom. The van der Waals surface area contributed by atoms with E-state index < -0.39 is 17.8 Å². The Hall–Kier alpha value is -3.42. The van der Waals surface area contributed by atoms with Crippen molar-refractivity contribution in [2.24, 2.45) is 5.10 Å². The summed E-state index contributed by atoms with van der Waals surface area (Å²) in [7, 11) is 4.31. The van der Waals surface area contributed by atoms with Gasteiger partial charge in [0.1, 0.15) is 0 Å². The molecule has 0 unspecified atom stereocenters. The quantitative estimate of drug-likeness (QED) is 0.129. The summed E-state index contributed by atoms with van der Waals surface area (Å²) in [6, 6.07) is 13.2. The van der Waals surface area contributed by atoms with Crippen LogP contribution in [-0.2, 0) is 4.79 Å². The molecule has 0 fully saturated rings. The predicted molar refractivity (Wildman–Crippen MR) is 155 cm³/mol. The third kappa shape index (κ3) is 7.80. The van der Waals surface area contributed by atoms with E-state index in [4.69, 9.17) is 18.9 Å². The Balaban J connectivity index is 1.67. The number of benzene rings is 3. The van der Waals surface area contributed by atoms with E-state index in [1.54, 1.807) is 36.4 Å². The van der Waals surface area contributed by atoms with Crippen molar-refractivity contribution in [3.63, 3.8) is 0 Å². The molecule has 0 saturated heterocycles. The fourth-order valence-corrected chi connectivity index (χ4v) is 5.03. The summed E-state index contributed by atoms with van der Waals surface area (Å²) in [5.74, 6) is -0.575. The number of nitrogens with one attached hydrogen (secondary N) is 2. The molecule has 204 valence electrons. The van der Waals surface area contributed by atoms with Crippen LogP contribution in [0.4, 0.5) is 0 Å². The normalized spacial score (nSPS) is 10.6. The predicted octanol–water partition coefficient (Wildman–Crippen LogP) is 5.10. The molecule has 3 rings (SSSR count). The minimum atomic E-state index is -0.590. The van der Waals surface area contributed by atoms with Gasteiger partial charge in [0, 0.05) is 20.1 Å². The molecule has 0 aromatic heterocycles. The Morgan fingerprint density at radius 3 is 2.15 bits per heavy atom. The molecule has 2 amide bonds. The number of nitrogens with zero attached hydrogens (tertiary/aromatic N) is 1. The van der Waals surface area contributed by atoms with Crippen molar-refractivity contribution >= 4 is 71.8 Å². The second-order valence-electron chi connectivity index (χ2n) is 7.57. The maximum atomic E-state index is 12.7. The summed E-state index contributed by atoms with van der Waals surface area (Å²) in [6.45, 7) is -0.362. The zero-order chi connectivity index (χ0) is 28.5. The first-order valence-corrected chi connectivity index (χ1v) is 13.4. The van der Waals surface area contributed by atoms with Gasteiger partial charge in [-0.25, -0.2) is 10.2 Å². The Bertz CT molecular complexity index is 1400. The summed E-state index contributed by atoms with van der Waals surface area (Å²) in [5.41, 5.74) is 3.27. The summed E-state index contributed by atoms with van der Waals surface area (Å²) >= 11 is 10.1. The highest BCUT2D eigenvalue weighted by molar-refractivity contribution is 9.11. The molecular formula is C26H22Br3N3O7. The molecule has 3 aromatic rings. The molecule has 39 heavy (non-hydrogen) atoms. The van der Waals surface area contributed by atoms with Crippen molar-refractivity contribution in [2.45, 2.75) is 0 Å². The van der Waals surface area contributed by atoms with Gasteiger partial charge >= 0.3 is 5.97 Å². The summed E-state index contributed by atoms with van der Waals surface area (Å²) in [4.78, 5) is 37.6. The van der Waals surface area contributed by atoms with Crippen LogP contribution >= 0.6 is 47.8 Å². The molecule has 2 N–H and O–H groups in total. The first-order valence-electron chi connectivity index (χ1n) is 11.0. The maximum absolute atomic E-state index is 12.7. The molecule has 0 aliphatic rings. The smallest absolute Gasteiger partial charge is 0.344 e. The number of rotatable bonds is 10. The Kier molecular flexibility index (Phi) is 10.9. The summed E-state index contributed by atoms with van der Waals surface area (Å²) < 4.78 is 23.1. The fourth-order valence-electron chi connectivity index (χ4n) is 3.25. The third-order valence-corrected chi connectivity index (χ3v) is 6.79. The highest BCUT2D eigenvalue weighted by atomic mass is 79.9. The van der Waals surface area contributed by atoms with Crippen LogP contribution < -0.4 is 29.7 Å². The topological polar surface area (TPSA) is 125 Å². The second kappa shape index (κ2) is 14.1. The van der Waals surface area contributed by atoms with Gasteiger partial charge in [0.25, 0.3) is 11.8 Å². The van der Waals surface area contributed by atoms with E-state index in [2.05, 4.69) is 63.6 Å². The lowest BCUT2D eigenvalue weighted by atomic mass is 10.1. The van der Waals surface area contributed by atoms with E-state index in [0.29, 0.717) is 41.8 Å². The molecule has 0 aliphatic carbocycles. The van der Waals surface area contributed by atoms with E-state index in [1.807, 2.05) is 0 Å². The number of halogens is 3. The number of hydrazone groups is 1. The maximum Gasteiger partial charge on any atom is 0.344 e. The van der Waals surface area contributed by atoms with Gasteiger partial charge in [-0.2, -0.15) is 5.10 Å². The lowest BCUT2D eigenvalue weighted by Gasteiger charge is -2.14. The third-order valence-electron chi connectivity index (χ3n) is 5.05. The highest BCUT2D eigenvalue weighted by Gasteiger charge is 2.19. The second-order valence-corrected chi connectivity index (χ2v) is 10.2. The zero-order valence-electron chi connectivity index (χ0n) is 20.8. The van der Waals surface area contributed by atoms with Gasteiger partial charge in [-0.05, 0) is 68.3 Å². The van der Waals surface area contributed by atoms with Crippen LogP contribution in [0.25, 0.3) is 0 Å². The summed E-state index contributed by atoms with van der Waals surface area (Å²) in [6.07, 6.45) is 1.32. The average molecular weight is 728 g/mol. The number of hydrogen-bond acceptors (Lipinski definition) is 8. The van der Waals surface area contributed by atoms with Gasteiger partial charge in [0.2, 0.25) is 5.75 Å². The van der Waals surface area contributed by atoms with E-state index in [1.165, 1.54) is 39.7 Å². The van der Waals surface area contributed by atoms with Crippen LogP contribution in [0.5, 0.6) is 23.0 Å². The number of hydrogen-bond donors (Lipinski definition) is 2. The molecule has 10 nitrogen and oxygen atoms in total. The molecule has 0 spiro atoms. The van der Waals surface area contributed by atoms with Crippen molar-refractivity contribution in [1.82, 2.24) is 10.7 Å². The van der Waals surface area contributed by atoms with E-state index in [-0.39, 0.29) is 17.9 Å². The first-order chi connectivity index (χ1) is 18.7. The lowest BCUT2D eigenvalue weighted by Crippen LogP contribution is -2.35. The number of methoxy groups -OCH3 is 3. The minimum Gasteiger partial charge on any atom is -0.493 e. The van der Waals surface area contributed by atoms with E-state index in [9.17, 15) is 14.4 Å². The number of esters is 1. The van der Waals surface area contributed by atoms with Crippen molar-refractivity contribution in [1.29, 1.82) is 0 Å². The minimum absolute atomic E-state index is 0.202. The molecule has 13 heteroatoms. The van der Waals surface area contributed by atoms with Crippen molar-refractivity contribution in [3.05, 3.63) is 78.6 Å². The largest absolute Gasteiger partial charge is 0.493 e. The molecule has 0 aliphatic heterocycles. The van der Waals surface area contributed by atoms with Crippen LogP contribution in [0.15, 0.2) is 67.1 Å². The molecule has 0 atom stereocenters. The Morgan fingerprint density at radius 2 is 1.54 bits per heavy atom. The zero-order valence-corrected chi connectivity index (χ0v) is 25.6. The van der Waals surface area contributed by atoms with E-state index in [0.717, 1.165) is 0 Å². The monoisotopic (exact) mass is 725 g/mol. The summed E-state index contributed by atoms with van der Waals surface area (Å²) in [5, 5.41) is 6.44. The van der Waals surface area contributed by atoms with E-state index >= 15 is 0 Å². The van der Waals surface area contributed by atoms with Crippen LogP contribution in [0.2, 0.25) is 0 Å². The number of carbonyl (C=O) groups is 3. The van der Waals surface area contributed by atoms with Crippen LogP contribution in [0, 0.1) is 0 Å². The SMILES string of the molecule is COc1cc(C(=O)NCC(=O)N/N=C\c2cc(Br)cc(Br)c2OC(=O)c2ccccc2Br)cc(OC)c1OC. The number of ether oxygens (including phenoxy) is 4. The van der Waals surface area contributed by atoms with Crippen molar-refractivity contribution in [2.75, 3.05) is 27.9 Å². The average Bonchev–Trinajstić information content (AvgIpc) is 2.92. The van der Waals surface area contributed by atoms with Crippen LogP contribution in [0.1, 0.15) is 26.3 Å². The highest BCUT2D eigenvalue weighted by Crippen LogP contribution is 2.38. The molecule has 3 aromatic carbocycles. The standard InChI is InChI=1S/C26H22Br3N3O7/c1-36-20-9-14(10-21(37-2)24(20)38-3)25(34)30-13-22(33)32-31-12-15-8-16(27)11-19(29)23(15)39-26(35)17-6-4-5-7-18(17)28/h4-12H,13H2,1-3H3,(H,30,34)(H,32,33)/b31-12-. The Labute approximate surface area is 249 Å².